The van der Waals surface area contributed by atoms with Crippen molar-refractivity contribution >= 4 is 15.9 Å². The number of pyridine rings is 1. The molecule has 43 heavy (non-hydrogen) atoms. The van der Waals surface area contributed by atoms with Crippen molar-refractivity contribution in [2.24, 2.45) is 0 Å². The van der Waals surface area contributed by atoms with E-state index in [4.69, 9.17) is 9.47 Å². The third kappa shape index (κ3) is 7.25. The summed E-state index contributed by atoms with van der Waals surface area (Å²) in [6.45, 7) is 1.63. The first-order chi connectivity index (χ1) is 20.9. The Labute approximate surface area is 253 Å². The summed E-state index contributed by atoms with van der Waals surface area (Å²) in [4.78, 5) is 18.6. The van der Waals surface area contributed by atoms with Crippen LogP contribution in [0.25, 0.3) is 11.1 Å². The van der Waals surface area contributed by atoms with Crippen molar-refractivity contribution in [2.45, 2.75) is 49.2 Å². The Hall–Kier alpha value is -4.17. The Bertz CT molecular complexity index is 1650. The number of ether oxygens (including phenoxy) is 2. The van der Waals surface area contributed by atoms with Crippen LogP contribution in [-0.4, -0.2) is 49.7 Å². The van der Waals surface area contributed by atoms with Crippen molar-refractivity contribution in [2.75, 3.05) is 19.7 Å². The minimum absolute atomic E-state index is 0.0210. The Morgan fingerprint density at radius 2 is 1.58 bits per heavy atom. The molecule has 7 nitrogen and oxygen atoms in total. The van der Waals surface area contributed by atoms with Crippen LogP contribution in [0.5, 0.6) is 5.75 Å². The van der Waals surface area contributed by atoms with Crippen LogP contribution in [0.3, 0.4) is 0 Å². The number of amides is 1. The zero-order chi connectivity index (χ0) is 29.7. The van der Waals surface area contributed by atoms with E-state index in [1.807, 2.05) is 60.7 Å². The molecule has 0 aliphatic carbocycles. The number of piperidine rings is 1. The van der Waals surface area contributed by atoms with Crippen molar-refractivity contribution in [3.05, 3.63) is 120 Å². The van der Waals surface area contributed by atoms with Gasteiger partial charge in [-0.05, 0) is 64.9 Å². The number of carbonyl (C=O) groups is 1. The van der Waals surface area contributed by atoms with Crippen molar-refractivity contribution < 1.29 is 22.7 Å². The molecule has 8 heteroatoms. The number of rotatable bonds is 8. The first kappa shape index (κ1) is 28.9. The van der Waals surface area contributed by atoms with Gasteiger partial charge >= 0.3 is 6.09 Å². The molecule has 1 saturated heterocycles. The van der Waals surface area contributed by atoms with Gasteiger partial charge in [-0.1, -0.05) is 66.7 Å². The highest BCUT2D eigenvalue weighted by atomic mass is 32.2. The van der Waals surface area contributed by atoms with E-state index in [0.29, 0.717) is 31.8 Å². The smallest absolute Gasteiger partial charge is 0.409 e. The summed E-state index contributed by atoms with van der Waals surface area (Å²) < 4.78 is 37.5. The number of hydrogen-bond acceptors (Lipinski definition) is 6. The molecule has 0 saturated carbocycles. The van der Waals surface area contributed by atoms with E-state index < -0.39 is 9.84 Å². The van der Waals surface area contributed by atoms with Gasteiger partial charge in [0.05, 0.1) is 23.8 Å². The average molecular weight is 597 g/mol. The first-order valence-corrected chi connectivity index (χ1v) is 16.7. The molecule has 1 aromatic heterocycles. The predicted molar refractivity (Wildman–Crippen MR) is 166 cm³/mol. The lowest BCUT2D eigenvalue weighted by atomic mass is 9.82. The maximum absolute atomic E-state index is 12.7. The molecule has 2 aliphatic heterocycles. The summed E-state index contributed by atoms with van der Waals surface area (Å²) in [6.07, 6.45) is 5.47. The quantitative estimate of drug-likeness (QED) is 0.234. The van der Waals surface area contributed by atoms with Crippen LogP contribution in [-0.2, 0) is 38.9 Å². The summed E-state index contributed by atoms with van der Waals surface area (Å²) in [5.74, 6) is 0.817. The summed E-state index contributed by atoms with van der Waals surface area (Å²) in [6, 6.07) is 29.4. The van der Waals surface area contributed by atoms with E-state index in [1.54, 1.807) is 29.3 Å². The van der Waals surface area contributed by atoms with Crippen LogP contribution in [0.2, 0.25) is 0 Å². The van der Waals surface area contributed by atoms with E-state index in [2.05, 4.69) is 17.1 Å². The topological polar surface area (TPSA) is 85.8 Å². The number of carbonyl (C=O) groups excluding carboxylic acids is 1. The molecule has 3 aromatic carbocycles. The van der Waals surface area contributed by atoms with Gasteiger partial charge in [-0.2, -0.15) is 0 Å². The lowest BCUT2D eigenvalue weighted by Crippen LogP contribution is -2.51. The number of aryl methyl sites for hydroxylation is 1. The normalized spacial score (nSPS) is 15.9. The monoisotopic (exact) mass is 596 g/mol. The molecule has 0 bridgehead atoms. The number of fused-ring (bicyclic) bond motifs is 1. The van der Waals surface area contributed by atoms with Gasteiger partial charge in [-0.25, -0.2) is 13.2 Å². The molecule has 3 heterocycles. The summed E-state index contributed by atoms with van der Waals surface area (Å²) in [5, 5.41) is 0. The molecule has 1 fully saturated rings. The predicted octanol–water partition coefficient (Wildman–Crippen LogP) is 6.40. The Kier molecular flexibility index (Phi) is 8.47. The minimum Gasteiger partial charge on any atom is -0.487 e. The van der Waals surface area contributed by atoms with Crippen LogP contribution in [0.15, 0.2) is 97.2 Å². The van der Waals surface area contributed by atoms with Gasteiger partial charge in [0.2, 0.25) is 0 Å². The molecular formula is C35H36N2O5S. The molecule has 0 atom stereocenters. The molecule has 0 N–H and O–H groups in total. The zero-order valence-electron chi connectivity index (χ0n) is 24.2. The first-order valence-electron chi connectivity index (χ1n) is 14.8. The molecule has 6 rings (SSSR count). The third-order valence-electron chi connectivity index (χ3n) is 8.40. The fourth-order valence-corrected chi connectivity index (χ4v) is 7.37. The molecular weight excluding hydrogens is 560 g/mol. The summed E-state index contributed by atoms with van der Waals surface area (Å²) in [7, 11) is -3.32. The molecule has 4 aromatic rings. The maximum atomic E-state index is 12.7. The van der Waals surface area contributed by atoms with Crippen LogP contribution >= 0.6 is 0 Å². The highest BCUT2D eigenvalue weighted by Gasteiger charge is 2.40. The van der Waals surface area contributed by atoms with Gasteiger partial charge in [0.1, 0.15) is 11.4 Å². The van der Waals surface area contributed by atoms with Crippen molar-refractivity contribution in [1.29, 1.82) is 0 Å². The van der Waals surface area contributed by atoms with Crippen LogP contribution in [0, 0.1) is 0 Å². The largest absolute Gasteiger partial charge is 0.487 e. The number of hydrogen-bond donors (Lipinski definition) is 0. The molecule has 222 valence electrons. The second kappa shape index (κ2) is 12.6. The minimum atomic E-state index is -3.32. The molecule has 0 radical (unpaired) electrons. The number of aromatic nitrogens is 1. The third-order valence-corrected chi connectivity index (χ3v) is 9.91. The summed E-state index contributed by atoms with van der Waals surface area (Å²) in [5.41, 5.74) is 5.51. The SMILES string of the molecule is O=C(OCCc1ccccc1)N1CCC2(CCc3cc(-c4ccc(CS(=O)(=O)Cc5ccccn5)cc4)ccc3O2)CC1. The van der Waals surface area contributed by atoms with E-state index in [-0.39, 0.29) is 23.2 Å². The standard InChI is InChI=1S/C35H36N2O5S/c38-34(41-23-16-27-6-2-1-3-7-27)37-21-18-35(19-22-37)17-15-31-24-30(13-14-33(31)42-35)29-11-9-28(10-12-29)25-43(39,40)26-32-8-4-5-20-36-32/h1-14,20,24H,15-19,21-23,25-26H2. The van der Waals surface area contributed by atoms with Crippen molar-refractivity contribution in [3.63, 3.8) is 0 Å². The van der Waals surface area contributed by atoms with Gasteiger partial charge in [0.15, 0.2) is 9.84 Å². The fourth-order valence-electron chi connectivity index (χ4n) is 5.95. The molecule has 1 spiro atoms. The van der Waals surface area contributed by atoms with E-state index in [9.17, 15) is 13.2 Å². The zero-order valence-corrected chi connectivity index (χ0v) is 25.0. The second-order valence-corrected chi connectivity index (χ2v) is 13.6. The second-order valence-electron chi connectivity index (χ2n) is 11.5. The molecule has 2 aliphatic rings. The average Bonchev–Trinajstić information content (AvgIpc) is 3.02. The van der Waals surface area contributed by atoms with Gasteiger partial charge in [-0.15, -0.1) is 0 Å². The highest BCUT2D eigenvalue weighted by Crippen LogP contribution is 2.41. The number of likely N-dealkylation sites (tertiary alicyclic amines) is 1. The maximum Gasteiger partial charge on any atom is 0.409 e. The van der Waals surface area contributed by atoms with Crippen LogP contribution in [0.1, 0.15) is 41.6 Å². The lowest BCUT2D eigenvalue weighted by molar-refractivity contribution is -0.0141. The fraction of sp³-hybridized carbons (Fsp3) is 0.314. The Morgan fingerprint density at radius 3 is 2.33 bits per heavy atom. The van der Waals surface area contributed by atoms with E-state index in [0.717, 1.165) is 53.7 Å². The molecule has 0 unspecified atom stereocenters. The lowest BCUT2D eigenvalue weighted by Gasteiger charge is -2.44. The number of sulfone groups is 1. The highest BCUT2D eigenvalue weighted by molar-refractivity contribution is 7.89. The van der Waals surface area contributed by atoms with Gasteiger partial charge in [0, 0.05) is 38.5 Å². The Morgan fingerprint density at radius 1 is 0.837 bits per heavy atom. The van der Waals surface area contributed by atoms with Gasteiger partial charge < -0.3 is 14.4 Å². The van der Waals surface area contributed by atoms with Gasteiger partial charge in [-0.3, -0.25) is 4.98 Å². The Balaban J connectivity index is 1.02. The number of nitrogens with zero attached hydrogens (tertiary/aromatic N) is 2. The van der Waals surface area contributed by atoms with Gasteiger partial charge in [0.25, 0.3) is 0 Å². The summed E-state index contributed by atoms with van der Waals surface area (Å²) >= 11 is 0. The van der Waals surface area contributed by atoms with E-state index >= 15 is 0 Å². The number of benzene rings is 3. The van der Waals surface area contributed by atoms with E-state index in [1.165, 1.54) is 5.56 Å². The van der Waals surface area contributed by atoms with Crippen LogP contribution < -0.4 is 4.74 Å². The van der Waals surface area contributed by atoms with Crippen molar-refractivity contribution in [3.8, 4) is 16.9 Å². The van der Waals surface area contributed by atoms with Crippen LogP contribution in [0.4, 0.5) is 4.79 Å². The van der Waals surface area contributed by atoms with Crippen molar-refractivity contribution in [1.82, 2.24) is 9.88 Å². The molecule has 1 amide bonds.